The van der Waals surface area contributed by atoms with E-state index in [-0.39, 0.29) is 10.9 Å². The molecule has 0 spiro atoms. The molecular formula is C21H32N4O3S. The highest BCUT2D eigenvalue weighted by atomic mass is 32.2. The lowest BCUT2D eigenvalue weighted by atomic mass is 10.1. The summed E-state index contributed by atoms with van der Waals surface area (Å²) < 4.78 is 36.4. The number of piperazine rings is 1. The first-order chi connectivity index (χ1) is 13.8. The van der Waals surface area contributed by atoms with Crippen molar-refractivity contribution in [2.75, 3.05) is 46.4 Å². The van der Waals surface area contributed by atoms with Crippen LogP contribution in [0.25, 0.3) is 0 Å². The highest BCUT2D eigenvalue weighted by Gasteiger charge is 2.27. The van der Waals surface area contributed by atoms with E-state index in [2.05, 4.69) is 32.2 Å². The van der Waals surface area contributed by atoms with Crippen LogP contribution in [0.2, 0.25) is 0 Å². The van der Waals surface area contributed by atoms with Crippen LogP contribution in [-0.2, 0) is 17.1 Å². The standard InChI is InChI=1S/C21H32N4O3S/c1-5-28-21-9-8-18(15-17(21)2)29(26,27)22-16-20(19-7-6-10-24(19)4)25-13-11-23(3)12-14-25/h6-10,15,20,22H,5,11-14,16H2,1-4H3. The van der Waals surface area contributed by atoms with Crippen LogP contribution >= 0.6 is 0 Å². The van der Waals surface area contributed by atoms with E-state index in [1.54, 1.807) is 18.2 Å². The largest absolute Gasteiger partial charge is 0.494 e. The van der Waals surface area contributed by atoms with Crippen molar-refractivity contribution in [1.29, 1.82) is 0 Å². The summed E-state index contributed by atoms with van der Waals surface area (Å²) in [5, 5.41) is 0. The Morgan fingerprint density at radius 3 is 2.45 bits per heavy atom. The van der Waals surface area contributed by atoms with Gasteiger partial charge in [-0.25, -0.2) is 13.1 Å². The van der Waals surface area contributed by atoms with Gasteiger partial charge in [0.1, 0.15) is 5.75 Å². The molecule has 1 atom stereocenters. The van der Waals surface area contributed by atoms with Gasteiger partial charge >= 0.3 is 0 Å². The minimum atomic E-state index is -3.61. The molecule has 1 saturated heterocycles. The van der Waals surface area contributed by atoms with E-state index in [4.69, 9.17) is 4.74 Å². The van der Waals surface area contributed by atoms with Gasteiger partial charge in [-0.2, -0.15) is 0 Å². The summed E-state index contributed by atoms with van der Waals surface area (Å²) in [7, 11) is 0.505. The molecule has 2 aromatic rings. The molecule has 1 unspecified atom stereocenters. The summed E-state index contributed by atoms with van der Waals surface area (Å²) in [5.74, 6) is 0.713. The second-order valence-electron chi connectivity index (χ2n) is 7.61. The fraction of sp³-hybridized carbons (Fsp3) is 0.524. The maximum atomic E-state index is 13.0. The third kappa shape index (κ3) is 5.19. The zero-order valence-corrected chi connectivity index (χ0v) is 18.6. The van der Waals surface area contributed by atoms with Gasteiger partial charge in [0.15, 0.2) is 0 Å². The lowest BCUT2D eigenvalue weighted by Gasteiger charge is -2.38. The smallest absolute Gasteiger partial charge is 0.240 e. The Labute approximate surface area is 174 Å². The van der Waals surface area contributed by atoms with Gasteiger partial charge in [-0.05, 0) is 56.8 Å². The maximum absolute atomic E-state index is 13.0. The van der Waals surface area contributed by atoms with Crippen LogP contribution in [0.4, 0.5) is 0 Å². The summed E-state index contributed by atoms with van der Waals surface area (Å²) in [5.41, 5.74) is 1.92. The summed E-state index contributed by atoms with van der Waals surface area (Å²) in [4.78, 5) is 4.93. The molecule has 0 amide bonds. The minimum Gasteiger partial charge on any atom is -0.494 e. The van der Waals surface area contributed by atoms with Gasteiger partial charge in [0, 0.05) is 51.7 Å². The van der Waals surface area contributed by atoms with Crippen LogP contribution in [0.15, 0.2) is 41.4 Å². The number of ether oxygens (including phenoxy) is 1. The van der Waals surface area contributed by atoms with Crippen molar-refractivity contribution in [3.63, 3.8) is 0 Å². The molecular weight excluding hydrogens is 388 g/mol. The summed E-state index contributed by atoms with van der Waals surface area (Å²) >= 11 is 0. The molecule has 8 heteroatoms. The van der Waals surface area contributed by atoms with E-state index in [0.29, 0.717) is 18.9 Å². The molecule has 2 heterocycles. The number of sulfonamides is 1. The quantitative estimate of drug-likeness (QED) is 0.708. The van der Waals surface area contributed by atoms with E-state index in [0.717, 1.165) is 37.4 Å². The van der Waals surface area contributed by atoms with Gasteiger partial charge in [-0.15, -0.1) is 0 Å². The number of aryl methyl sites for hydroxylation is 2. The first kappa shape index (κ1) is 21.8. The average Bonchev–Trinajstić information content (AvgIpc) is 3.11. The van der Waals surface area contributed by atoms with Gasteiger partial charge < -0.3 is 14.2 Å². The van der Waals surface area contributed by atoms with Gasteiger partial charge in [-0.3, -0.25) is 4.90 Å². The molecule has 3 rings (SSSR count). The Balaban J connectivity index is 1.78. The van der Waals surface area contributed by atoms with Gasteiger partial charge in [0.25, 0.3) is 0 Å². The maximum Gasteiger partial charge on any atom is 0.240 e. The highest BCUT2D eigenvalue weighted by Crippen LogP contribution is 2.24. The summed E-state index contributed by atoms with van der Waals surface area (Å²) in [6.45, 7) is 8.43. The molecule has 1 aromatic heterocycles. The molecule has 160 valence electrons. The van der Waals surface area contributed by atoms with Crippen molar-refractivity contribution >= 4 is 10.0 Å². The molecule has 1 fully saturated rings. The third-order valence-corrected chi connectivity index (χ3v) is 6.95. The predicted octanol–water partition coefficient (Wildman–Crippen LogP) is 2.00. The lowest BCUT2D eigenvalue weighted by molar-refractivity contribution is 0.109. The van der Waals surface area contributed by atoms with Crippen molar-refractivity contribution in [2.45, 2.75) is 24.8 Å². The van der Waals surface area contributed by atoms with Crippen molar-refractivity contribution in [3.05, 3.63) is 47.8 Å². The van der Waals surface area contributed by atoms with Crippen molar-refractivity contribution in [3.8, 4) is 5.75 Å². The molecule has 1 aliphatic heterocycles. The third-order valence-electron chi connectivity index (χ3n) is 5.53. The first-order valence-electron chi connectivity index (χ1n) is 10.1. The number of hydrogen-bond acceptors (Lipinski definition) is 5. The normalized spacial score (nSPS) is 17.4. The van der Waals surface area contributed by atoms with Gasteiger partial charge in [0.2, 0.25) is 10.0 Å². The number of hydrogen-bond donors (Lipinski definition) is 1. The first-order valence-corrected chi connectivity index (χ1v) is 11.6. The number of likely N-dealkylation sites (N-methyl/N-ethyl adjacent to an activating group) is 1. The molecule has 0 radical (unpaired) electrons. The number of rotatable bonds is 8. The molecule has 1 N–H and O–H groups in total. The van der Waals surface area contributed by atoms with Crippen molar-refractivity contribution in [1.82, 2.24) is 19.1 Å². The minimum absolute atomic E-state index is 0.0118. The molecule has 0 saturated carbocycles. The van der Waals surface area contributed by atoms with Gasteiger partial charge in [0.05, 0.1) is 17.5 Å². The Hall–Kier alpha value is -1.87. The zero-order valence-electron chi connectivity index (χ0n) is 17.8. The van der Waals surface area contributed by atoms with Crippen LogP contribution in [-0.4, -0.2) is 69.2 Å². The van der Waals surface area contributed by atoms with Gasteiger partial charge in [-0.1, -0.05) is 0 Å². The van der Waals surface area contributed by atoms with E-state index >= 15 is 0 Å². The fourth-order valence-electron chi connectivity index (χ4n) is 3.75. The molecule has 29 heavy (non-hydrogen) atoms. The average molecular weight is 421 g/mol. The SMILES string of the molecule is CCOc1ccc(S(=O)(=O)NCC(c2cccn2C)N2CCN(C)CC2)cc1C. The fourth-order valence-corrected chi connectivity index (χ4v) is 4.88. The number of benzene rings is 1. The second kappa shape index (κ2) is 9.30. The molecule has 1 aliphatic rings. The van der Waals surface area contributed by atoms with E-state index < -0.39 is 10.0 Å². The molecule has 1 aromatic carbocycles. The van der Waals surface area contributed by atoms with Crippen LogP contribution in [0, 0.1) is 6.92 Å². The Bertz CT molecular complexity index is 918. The summed E-state index contributed by atoms with van der Waals surface area (Å²) in [6.07, 6.45) is 2.00. The Morgan fingerprint density at radius 1 is 1.14 bits per heavy atom. The zero-order chi connectivity index (χ0) is 21.0. The van der Waals surface area contributed by atoms with Crippen LogP contribution in [0.1, 0.15) is 24.2 Å². The van der Waals surface area contributed by atoms with Crippen LogP contribution < -0.4 is 9.46 Å². The summed E-state index contributed by atoms with van der Waals surface area (Å²) in [6, 6.07) is 9.06. The predicted molar refractivity (Wildman–Crippen MR) is 115 cm³/mol. The number of nitrogens with zero attached hydrogens (tertiary/aromatic N) is 3. The van der Waals surface area contributed by atoms with E-state index in [1.165, 1.54) is 0 Å². The topological polar surface area (TPSA) is 66.8 Å². The monoisotopic (exact) mass is 420 g/mol. The molecule has 7 nitrogen and oxygen atoms in total. The van der Waals surface area contributed by atoms with E-state index in [9.17, 15) is 8.42 Å². The van der Waals surface area contributed by atoms with E-state index in [1.807, 2.05) is 33.2 Å². The van der Waals surface area contributed by atoms with Crippen molar-refractivity contribution in [2.24, 2.45) is 7.05 Å². The Kier molecular flexibility index (Phi) is 7.00. The molecule has 0 aliphatic carbocycles. The van der Waals surface area contributed by atoms with Crippen molar-refractivity contribution < 1.29 is 13.2 Å². The van der Waals surface area contributed by atoms with Crippen LogP contribution in [0.3, 0.4) is 0 Å². The molecule has 0 bridgehead atoms. The van der Waals surface area contributed by atoms with Crippen LogP contribution in [0.5, 0.6) is 5.75 Å². The number of aromatic nitrogens is 1. The highest BCUT2D eigenvalue weighted by molar-refractivity contribution is 7.89. The Morgan fingerprint density at radius 2 is 1.86 bits per heavy atom. The lowest BCUT2D eigenvalue weighted by Crippen LogP contribution is -2.48. The second-order valence-corrected chi connectivity index (χ2v) is 9.38. The number of nitrogens with one attached hydrogen (secondary N) is 1.